The van der Waals surface area contributed by atoms with Crippen molar-refractivity contribution < 1.29 is 14.3 Å². The van der Waals surface area contributed by atoms with Gasteiger partial charge in [-0.2, -0.15) is 0 Å². The lowest BCUT2D eigenvalue weighted by molar-refractivity contribution is -0.164. The zero-order valence-corrected chi connectivity index (χ0v) is 33.0. The molecule has 0 amide bonds. The van der Waals surface area contributed by atoms with Gasteiger partial charge in [0.2, 0.25) is 0 Å². The van der Waals surface area contributed by atoms with Crippen molar-refractivity contribution in [2.75, 3.05) is 6.61 Å². The van der Waals surface area contributed by atoms with Gasteiger partial charge in [-0.05, 0) is 109 Å². The van der Waals surface area contributed by atoms with Crippen molar-refractivity contribution in [2.24, 2.45) is 52.3 Å². The van der Waals surface area contributed by atoms with Gasteiger partial charge in [0.1, 0.15) is 8.25 Å². The van der Waals surface area contributed by atoms with Gasteiger partial charge in [-0.25, -0.2) is 4.79 Å². The van der Waals surface area contributed by atoms with Gasteiger partial charge in [0.25, 0.3) is 0 Å². The van der Waals surface area contributed by atoms with E-state index >= 15 is 0 Å². The van der Waals surface area contributed by atoms with E-state index in [1.807, 2.05) is 0 Å². The molecule has 6 heteroatoms. The van der Waals surface area contributed by atoms with E-state index in [9.17, 15) is 4.79 Å². The summed E-state index contributed by atoms with van der Waals surface area (Å²) in [6, 6.07) is 10.8. The van der Waals surface area contributed by atoms with Crippen LogP contribution in [0.4, 0.5) is 0 Å². The van der Waals surface area contributed by atoms with Crippen LogP contribution in [0, 0.1) is 52.3 Å². The third-order valence-electron chi connectivity index (χ3n) is 13.2. The highest BCUT2D eigenvalue weighted by Crippen LogP contribution is 2.69. The third kappa shape index (κ3) is 8.28. The molecule has 0 spiro atoms. The van der Waals surface area contributed by atoms with E-state index in [1.165, 1.54) is 75.7 Å². The maximum absolute atomic E-state index is 13.2. The molecule has 3 nitrogen and oxygen atoms in total. The van der Waals surface area contributed by atoms with E-state index in [2.05, 4.69) is 113 Å². The number of carbonyl (C=O) groups excluding carboxylic acids is 1. The fraction of sp³-hybridized carbons (Fsp3) is 0.769. The summed E-state index contributed by atoms with van der Waals surface area (Å²) in [5, 5.41) is 0. The first-order valence-corrected chi connectivity index (χ1v) is 20.3. The van der Waals surface area contributed by atoms with Crippen molar-refractivity contribution in [1.82, 2.24) is 0 Å². The summed E-state index contributed by atoms with van der Waals surface area (Å²) >= 11 is 10.5. The first kappa shape index (κ1) is 36.0. The molecule has 0 heterocycles. The molecule has 5 rings (SSSR count). The summed E-state index contributed by atoms with van der Waals surface area (Å²) in [4.78, 5) is 13.2. The molecular weight excluding hydrogens is 756 g/mol. The highest BCUT2D eigenvalue weighted by atomic mass is 80.0. The first-order chi connectivity index (χ1) is 21.3. The molecular formula is C39H57Br3O3. The highest BCUT2D eigenvalue weighted by Gasteiger charge is 2.62. The molecule has 4 aliphatic rings. The number of halogens is 3. The molecule has 0 unspecified atom stereocenters. The van der Waals surface area contributed by atoms with Gasteiger partial charge in [-0.3, -0.25) is 0 Å². The Kier molecular flexibility index (Phi) is 12.0. The Balaban J connectivity index is 1.30. The molecule has 10 atom stereocenters. The third-order valence-corrected chi connectivity index (χ3v) is 14.4. The van der Waals surface area contributed by atoms with Crippen LogP contribution in [0.1, 0.15) is 123 Å². The number of hydrogen-bond acceptors (Lipinski definition) is 3. The van der Waals surface area contributed by atoms with Crippen LogP contribution in [0.25, 0.3) is 0 Å². The van der Waals surface area contributed by atoms with Gasteiger partial charge >= 0.3 is 5.97 Å². The number of hydrogen-bond donors (Lipinski definition) is 0. The van der Waals surface area contributed by atoms with Crippen molar-refractivity contribution in [3.63, 3.8) is 0 Å². The van der Waals surface area contributed by atoms with E-state index in [0.29, 0.717) is 24.4 Å². The second-order valence-corrected chi connectivity index (χ2v) is 23.4. The Morgan fingerprint density at radius 2 is 1.71 bits per heavy atom. The topological polar surface area (TPSA) is 35.5 Å². The summed E-state index contributed by atoms with van der Waals surface area (Å²) in [6.07, 6.45) is 18.1. The maximum atomic E-state index is 13.2. The highest BCUT2D eigenvalue weighted by molar-refractivity contribution is 9.39. The molecule has 0 bridgehead atoms. The molecule has 0 saturated heterocycles. The molecule has 4 saturated carbocycles. The van der Waals surface area contributed by atoms with Crippen molar-refractivity contribution in [1.29, 1.82) is 0 Å². The van der Waals surface area contributed by atoms with Crippen LogP contribution in [0.15, 0.2) is 42.7 Å². The molecule has 0 aliphatic heterocycles. The predicted molar refractivity (Wildman–Crippen MR) is 197 cm³/mol. The van der Waals surface area contributed by atoms with Crippen LogP contribution in [-0.2, 0) is 14.3 Å². The summed E-state index contributed by atoms with van der Waals surface area (Å²) < 4.78 is 11.6. The molecule has 1 aromatic carbocycles. The Labute approximate surface area is 299 Å². The fourth-order valence-corrected chi connectivity index (χ4v) is 11.5. The molecule has 4 fully saturated rings. The van der Waals surface area contributed by atoms with Crippen LogP contribution in [-0.4, -0.2) is 20.8 Å². The normalized spacial score (nSPS) is 37.1. The zero-order chi connectivity index (χ0) is 32.4. The summed E-state index contributed by atoms with van der Waals surface area (Å²) in [7, 11) is 0. The van der Waals surface area contributed by atoms with Gasteiger partial charge < -0.3 is 9.47 Å². The molecule has 0 N–H and O–H groups in total. The molecule has 4 aliphatic carbocycles. The largest absolute Gasteiger partial charge is 0.501 e. The second kappa shape index (κ2) is 15.1. The SMILES string of the molecule is CC(C)CCC[C@@H](C)[C@H]1CC[C@H]2[C@@H]3CC[C@H]4C[C@@H](c5ccccc5)[C@H](OC(=O)/C=C/OCCC(Br)(Br)Br)C[C@]4(C)[C@H]3CC[C@]12C. The monoisotopic (exact) mass is 810 g/mol. The summed E-state index contributed by atoms with van der Waals surface area (Å²) in [6.45, 7) is 13.1. The molecule has 0 radical (unpaired) electrons. The summed E-state index contributed by atoms with van der Waals surface area (Å²) in [5.41, 5.74) is 2.02. The van der Waals surface area contributed by atoms with Crippen molar-refractivity contribution >= 4 is 53.8 Å². The first-order valence-electron chi connectivity index (χ1n) is 17.9. The van der Waals surface area contributed by atoms with Gasteiger partial charge in [0, 0.05) is 12.3 Å². The average Bonchev–Trinajstić information content (AvgIpc) is 3.33. The van der Waals surface area contributed by atoms with Crippen molar-refractivity contribution in [3.05, 3.63) is 48.2 Å². The number of carbonyl (C=O) groups is 1. The van der Waals surface area contributed by atoms with Gasteiger partial charge in [-0.1, -0.05) is 132 Å². The number of rotatable bonds is 11. The quantitative estimate of drug-likeness (QED) is 0.0734. The van der Waals surface area contributed by atoms with Gasteiger partial charge in [0.15, 0.2) is 0 Å². The van der Waals surface area contributed by atoms with Crippen LogP contribution >= 0.6 is 47.8 Å². The smallest absolute Gasteiger partial charge is 0.334 e. The van der Waals surface area contributed by atoms with Crippen molar-refractivity contribution in [3.8, 4) is 0 Å². The summed E-state index contributed by atoms with van der Waals surface area (Å²) in [5.74, 6) is 5.58. The minimum Gasteiger partial charge on any atom is -0.501 e. The van der Waals surface area contributed by atoms with Crippen LogP contribution in [0.2, 0.25) is 0 Å². The number of esters is 1. The molecule has 45 heavy (non-hydrogen) atoms. The van der Waals surface area contributed by atoms with Crippen LogP contribution < -0.4 is 0 Å². The van der Waals surface area contributed by atoms with E-state index in [1.54, 1.807) is 0 Å². The fourth-order valence-electron chi connectivity index (χ4n) is 11.0. The molecule has 0 aromatic heterocycles. The maximum Gasteiger partial charge on any atom is 0.334 e. The van der Waals surface area contributed by atoms with Crippen molar-refractivity contribution in [2.45, 2.75) is 126 Å². The van der Waals surface area contributed by atoms with E-state index < -0.39 is 0 Å². The Morgan fingerprint density at radius 3 is 2.42 bits per heavy atom. The predicted octanol–water partition coefficient (Wildman–Crippen LogP) is 12.2. The van der Waals surface area contributed by atoms with E-state index in [4.69, 9.17) is 9.47 Å². The number of benzene rings is 1. The number of alkyl halides is 3. The lowest BCUT2D eigenvalue weighted by atomic mass is 9.43. The second-order valence-electron chi connectivity index (χ2n) is 16.2. The van der Waals surface area contributed by atoms with Gasteiger partial charge in [0.05, 0.1) is 18.9 Å². The minimum absolute atomic E-state index is 0.115. The number of fused-ring (bicyclic) bond motifs is 5. The Morgan fingerprint density at radius 1 is 0.978 bits per heavy atom. The van der Waals surface area contributed by atoms with E-state index in [-0.39, 0.29) is 25.5 Å². The van der Waals surface area contributed by atoms with Crippen LogP contribution in [0.3, 0.4) is 0 Å². The Hall–Kier alpha value is -0.330. The van der Waals surface area contributed by atoms with Crippen LogP contribution in [0.5, 0.6) is 0 Å². The Bertz CT molecular complexity index is 1150. The lowest BCUT2D eigenvalue weighted by Gasteiger charge is -2.62. The average molecular weight is 814 g/mol. The number of ether oxygens (including phenoxy) is 2. The zero-order valence-electron chi connectivity index (χ0n) is 28.3. The molecule has 252 valence electrons. The molecule has 1 aromatic rings. The lowest BCUT2D eigenvalue weighted by Crippen LogP contribution is -2.56. The van der Waals surface area contributed by atoms with E-state index in [0.717, 1.165) is 48.3 Å². The van der Waals surface area contributed by atoms with Gasteiger partial charge in [-0.15, -0.1) is 0 Å². The minimum atomic E-state index is -0.349. The standard InChI is InChI=1S/C39H57Br3O3/c1-26(2)10-9-11-27(3)32-16-17-33-30-15-14-29-24-31(28-12-7-6-8-13-28)35(25-38(29,5)34(30)18-20-37(32,33)4)45-36(43)19-22-44-23-21-39(40,41)42/h6-8,12-13,19,22,26-27,29-35H,9-11,14-18,20-21,23-25H2,1-5H3/b22-19+/t27-,29+,30+,31+,32-,33+,34+,35-,37-,38+/m1/s1.